The number of aliphatic imine (C=N–C) groups is 1. The Morgan fingerprint density at radius 1 is 1.07 bits per heavy atom. The number of hydrogen-bond donors (Lipinski definition) is 2. The van der Waals surface area contributed by atoms with Gasteiger partial charge in [-0.15, -0.1) is 0 Å². The van der Waals surface area contributed by atoms with Crippen LogP contribution in [0.2, 0.25) is 0 Å². The number of carbonyl (C=O) groups excluding carboxylic acids is 1. The molecule has 30 heavy (non-hydrogen) atoms. The van der Waals surface area contributed by atoms with Crippen molar-refractivity contribution in [2.45, 2.75) is 32.7 Å². The van der Waals surface area contributed by atoms with Crippen molar-refractivity contribution in [2.24, 2.45) is 4.99 Å². The molecule has 2 aromatic carbocycles. The van der Waals surface area contributed by atoms with Gasteiger partial charge in [0, 0.05) is 17.8 Å². The maximum Gasteiger partial charge on any atom is 0.275 e. The van der Waals surface area contributed by atoms with Crippen LogP contribution in [0.15, 0.2) is 47.5 Å². The minimum absolute atomic E-state index is 0.0218. The molecule has 1 saturated heterocycles. The summed E-state index contributed by atoms with van der Waals surface area (Å²) in [6.45, 7) is 4.79. The molecular weight excluding hydrogens is 400 g/mol. The number of nitrogens with zero attached hydrogens (tertiary/aromatic N) is 2. The number of sulfonamides is 1. The van der Waals surface area contributed by atoms with E-state index in [1.54, 1.807) is 25.1 Å². The summed E-state index contributed by atoms with van der Waals surface area (Å²) in [7, 11) is -3.40. The van der Waals surface area contributed by atoms with E-state index in [1.165, 1.54) is 24.8 Å². The molecular formula is C22H26N4O3S. The van der Waals surface area contributed by atoms with Gasteiger partial charge in [-0.1, -0.05) is 18.6 Å². The van der Waals surface area contributed by atoms with Gasteiger partial charge in [0.1, 0.15) is 5.71 Å². The van der Waals surface area contributed by atoms with Crippen LogP contribution in [-0.4, -0.2) is 43.8 Å². The number of amides is 1. The zero-order chi connectivity index (χ0) is 21.1. The smallest absolute Gasteiger partial charge is 0.275 e. The van der Waals surface area contributed by atoms with E-state index in [2.05, 4.69) is 19.9 Å². The van der Waals surface area contributed by atoms with Crippen molar-refractivity contribution in [1.29, 1.82) is 0 Å². The van der Waals surface area contributed by atoms with Gasteiger partial charge in [-0.2, -0.15) is 0 Å². The minimum atomic E-state index is -3.40. The molecule has 1 fully saturated rings. The highest BCUT2D eigenvalue weighted by Gasteiger charge is 2.26. The number of likely N-dealkylation sites (tertiary alicyclic amines) is 1. The Bertz CT molecular complexity index is 1070. The zero-order valence-corrected chi connectivity index (χ0v) is 17.8. The van der Waals surface area contributed by atoms with E-state index in [0.717, 1.165) is 19.6 Å². The fraction of sp³-hybridized carbons (Fsp3) is 0.364. The molecule has 2 aromatic rings. The highest BCUT2D eigenvalue weighted by molar-refractivity contribution is 7.92. The van der Waals surface area contributed by atoms with E-state index in [0.29, 0.717) is 22.6 Å². The summed E-state index contributed by atoms with van der Waals surface area (Å²) in [5.41, 5.74) is 3.83. The second-order valence-electron chi connectivity index (χ2n) is 7.68. The molecule has 7 nitrogen and oxygen atoms in total. The molecule has 0 spiro atoms. The van der Waals surface area contributed by atoms with Gasteiger partial charge in [0.2, 0.25) is 10.0 Å². The van der Waals surface area contributed by atoms with Crippen LogP contribution in [0.5, 0.6) is 0 Å². The van der Waals surface area contributed by atoms with Crippen LogP contribution in [-0.2, 0) is 21.4 Å². The lowest BCUT2D eigenvalue weighted by Gasteiger charge is -2.26. The van der Waals surface area contributed by atoms with Crippen LogP contribution >= 0.6 is 0 Å². The normalized spacial score (nSPS) is 18.3. The Labute approximate surface area is 177 Å². The monoisotopic (exact) mass is 426 g/mol. The molecule has 0 saturated carbocycles. The molecule has 0 aromatic heterocycles. The molecule has 0 aliphatic carbocycles. The van der Waals surface area contributed by atoms with Crippen molar-refractivity contribution < 1.29 is 13.2 Å². The molecule has 2 aliphatic heterocycles. The van der Waals surface area contributed by atoms with Gasteiger partial charge >= 0.3 is 0 Å². The first kappa shape index (κ1) is 20.6. The van der Waals surface area contributed by atoms with Crippen LogP contribution in [0.4, 0.5) is 17.1 Å². The van der Waals surface area contributed by atoms with Crippen molar-refractivity contribution >= 4 is 38.7 Å². The Balaban J connectivity index is 1.54. The first-order chi connectivity index (χ1) is 14.4. The Morgan fingerprint density at radius 2 is 1.80 bits per heavy atom. The molecule has 158 valence electrons. The first-order valence-corrected chi connectivity index (χ1v) is 11.9. The molecule has 2 N–H and O–H groups in total. The third kappa shape index (κ3) is 4.71. The van der Waals surface area contributed by atoms with Gasteiger partial charge in [-0.3, -0.25) is 14.4 Å². The van der Waals surface area contributed by atoms with E-state index >= 15 is 0 Å². The molecule has 8 heteroatoms. The molecule has 1 amide bonds. The average molecular weight is 427 g/mol. The number of hydrogen-bond acceptors (Lipinski definition) is 5. The van der Waals surface area contributed by atoms with E-state index < -0.39 is 10.0 Å². The maximum atomic E-state index is 12.4. The second kappa shape index (κ2) is 8.57. The van der Waals surface area contributed by atoms with E-state index in [9.17, 15) is 13.2 Å². The Hall–Kier alpha value is -2.71. The standard InChI is InChI=1S/C22H26N4O3S/c1-2-30(28,29)25-18-10-11-20-19(14-18)21(22(27)24-20)23-17-8-6-16(7-9-17)15-26-12-4-3-5-13-26/h6-11,14,25H,2-5,12-13,15H2,1H3,(H,23,24,27). The molecule has 2 heterocycles. The lowest BCUT2D eigenvalue weighted by atomic mass is 10.1. The predicted molar refractivity (Wildman–Crippen MR) is 120 cm³/mol. The lowest BCUT2D eigenvalue weighted by Crippen LogP contribution is -2.28. The summed E-state index contributed by atoms with van der Waals surface area (Å²) >= 11 is 0. The summed E-state index contributed by atoms with van der Waals surface area (Å²) in [6.07, 6.45) is 3.84. The molecule has 4 rings (SSSR count). The fourth-order valence-electron chi connectivity index (χ4n) is 3.76. The summed E-state index contributed by atoms with van der Waals surface area (Å²) in [5.74, 6) is -0.315. The third-order valence-corrected chi connectivity index (χ3v) is 6.73. The Kier molecular flexibility index (Phi) is 5.87. The summed E-state index contributed by atoms with van der Waals surface area (Å²) in [4.78, 5) is 19.4. The number of nitrogens with one attached hydrogen (secondary N) is 2. The van der Waals surface area contributed by atoms with Crippen LogP contribution in [0.25, 0.3) is 0 Å². The largest absolute Gasteiger partial charge is 0.320 e. The van der Waals surface area contributed by atoms with Crippen molar-refractivity contribution in [3.63, 3.8) is 0 Å². The molecule has 0 radical (unpaired) electrons. The van der Waals surface area contributed by atoms with Crippen molar-refractivity contribution in [2.75, 3.05) is 28.9 Å². The van der Waals surface area contributed by atoms with E-state index in [-0.39, 0.29) is 17.4 Å². The molecule has 0 bridgehead atoms. The number of rotatable bonds is 6. The fourth-order valence-corrected chi connectivity index (χ4v) is 4.39. The van der Waals surface area contributed by atoms with Gasteiger partial charge < -0.3 is 5.32 Å². The van der Waals surface area contributed by atoms with Crippen LogP contribution in [0, 0.1) is 0 Å². The number of anilines is 2. The van der Waals surface area contributed by atoms with Crippen LogP contribution in [0.1, 0.15) is 37.3 Å². The van der Waals surface area contributed by atoms with Crippen LogP contribution < -0.4 is 10.0 Å². The second-order valence-corrected chi connectivity index (χ2v) is 9.69. The van der Waals surface area contributed by atoms with Crippen molar-refractivity contribution in [1.82, 2.24) is 4.90 Å². The SMILES string of the molecule is CCS(=O)(=O)Nc1ccc2c(c1)C(=Nc1ccc(CN3CCCCC3)cc1)C(=O)N2. The first-order valence-electron chi connectivity index (χ1n) is 10.3. The number of fused-ring (bicyclic) bond motifs is 1. The Morgan fingerprint density at radius 3 is 2.50 bits per heavy atom. The van der Waals surface area contributed by atoms with Crippen molar-refractivity contribution in [3.05, 3.63) is 53.6 Å². The van der Waals surface area contributed by atoms with Gasteiger partial charge in [-0.25, -0.2) is 13.4 Å². The topological polar surface area (TPSA) is 90.9 Å². The molecule has 0 atom stereocenters. The zero-order valence-electron chi connectivity index (χ0n) is 17.0. The molecule has 2 aliphatic rings. The highest BCUT2D eigenvalue weighted by Crippen LogP contribution is 2.29. The summed E-state index contributed by atoms with van der Waals surface area (Å²) < 4.78 is 26.2. The van der Waals surface area contributed by atoms with Crippen molar-refractivity contribution in [3.8, 4) is 0 Å². The number of carbonyl (C=O) groups is 1. The van der Waals surface area contributed by atoms with Crippen LogP contribution in [0.3, 0.4) is 0 Å². The van der Waals surface area contributed by atoms with E-state index in [4.69, 9.17) is 0 Å². The highest BCUT2D eigenvalue weighted by atomic mass is 32.2. The quantitative estimate of drug-likeness (QED) is 0.740. The van der Waals surface area contributed by atoms with Gasteiger partial charge in [0.15, 0.2) is 0 Å². The number of benzene rings is 2. The van der Waals surface area contributed by atoms with Gasteiger partial charge in [0.25, 0.3) is 5.91 Å². The third-order valence-electron chi connectivity index (χ3n) is 5.42. The number of piperidine rings is 1. The average Bonchev–Trinajstić information content (AvgIpc) is 3.05. The van der Waals surface area contributed by atoms with E-state index in [1.807, 2.05) is 24.3 Å². The molecule has 0 unspecified atom stereocenters. The minimum Gasteiger partial charge on any atom is -0.320 e. The summed E-state index contributed by atoms with van der Waals surface area (Å²) in [6, 6.07) is 12.9. The predicted octanol–water partition coefficient (Wildman–Crippen LogP) is 3.51. The van der Waals surface area contributed by atoms with Gasteiger partial charge in [-0.05, 0) is 68.8 Å². The summed E-state index contributed by atoms with van der Waals surface area (Å²) in [5, 5.41) is 2.78. The maximum absolute atomic E-state index is 12.4. The van der Waals surface area contributed by atoms with Gasteiger partial charge in [0.05, 0.1) is 17.1 Å². The lowest BCUT2D eigenvalue weighted by molar-refractivity contribution is -0.110.